The molecule has 20 heavy (non-hydrogen) atoms. The van der Waals surface area contributed by atoms with Crippen molar-refractivity contribution in [2.24, 2.45) is 0 Å². The second-order valence-corrected chi connectivity index (χ2v) is 5.60. The highest BCUT2D eigenvalue weighted by Gasteiger charge is 2.31. The maximum absolute atomic E-state index is 11.9. The Hall–Kier alpha value is -2.15. The Bertz CT molecular complexity index is 644. The number of nitrogens with zero attached hydrogens (tertiary/aromatic N) is 2. The van der Waals surface area contributed by atoms with Crippen LogP contribution in [-0.2, 0) is 11.3 Å². The third kappa shape index (κ3) is 2.57. The van der Waals surface area contributed by atoms with E-state index in [0.717, 1.165) is 18.5 Å². The van der Waals surface area contributed by atoms with Gasteiger partial charge in [0.1, 0.15) is 6.54 Å². The molecule has 0 spiro atoms. The zero-order chi connectivity index (χ0) is 14.1. The number of rotatable bonds is 5. The van der Waals surface area contributed by atoms with Gasteiger partial charge in [-0.3, -0.25) is 4.79 Å². The number of carboxylic acid groups (broad SMARTS) is 1. The van der Waals surface area contributed by atoms with Gasteiger partial charge >= 0.3 is 5.97 Å². The Kier molecular flexibility index (Phi) is 3.27. The van der Waals surface area contributed by atoms with Gasteiger partial charge in [-0.15, -0.1) is 11.3 Å². The zero-order valence-corrected chi connectivity index (χ0v) is 11.4. The molecule has 2 aromatic heterocycles. The van der Waals surface area contributed by atoms with Crippen LogP contribution in [0.1, 0.15) is 34.8 Å². The molecular weight excluding hydrogens is 278 g/mol. The van der Waals surface area contributed by atoms with E-state index in [1.165, 1.54) is 11.3 Å². The van der Waals surface area contributed by atoms with Crippen LogP contribution in [0.15, 0.2) is 23.8 Å². The molecule has 2 N–H and O–H groups in total. The van der Waals surface area contributed by atoms with Gasteiger partial charge in [0.05, 0.1) is 5.56 Å². The second kappa shape index (κ2) is 5.09. The quantitative estimate of drug-likeness (QED) is 0.884. The lowest BCUT2D eigenvalue weighted by Gasteiger charge is -2.09. The molecule has 0 radical (unpaired) electrons. The highest BCUT2D eigenvalue weighted by Crippen LogP contribution is 2.42. The van der Waals surface area contributed by atoms with Crippen molar-refractivity contribution < 1.29 is 14.7 Å². The normalized spacial score (nSPS) is 14.2. The molecule has 1 aliphatic carbocycles. The van der Waals surface area contributed by atoms with Gasteiger partial charge in [-0.25, -0.2) is 9.78 Å². The summed E-state index contributed by atoms with van der Waals surface area (Å²) in [5, 5.41) is 14.2. The summed E-state index contributed by atoms with van der Waals surface area (Å²) in [6, 6.07) is 1.56. The number of hydrogen-bond acceptors (Lipinski definition) is 4. The van der Waals surface area contributed by atoms with Crippen LogP contribution in [0, 0.1) is 0 Å². The molecule has 0 bridgehead atoms. The van der Waals surface area contributed by atoms with Gasteiger partial charge in [0.15, 0.2) is 5.13 Å². The monoisotopic (exact) mass is 291 g/mol. The molecule has 3 rings (SSSR count). The van der Waals surface area contributed by atoms with E-state index in [2.05, 4.69) is 10.3 Å². The van der Waals surface area contributed by atoms with E-state index in [-0.39, 0.29) is 18.4 Å². The average Bonchev–Trinajstić information content (AvgIpc) is 2.94. The molecule has 0 unspecified atom stereocenters. The summed E-state index contributed by atoms with van der Waals surface area (Å²) in [7, 11) is 0. The number of aromatic carboxylic acids is 1. The molecule has 0 aromatic carbocycles. The Balaban J connectivity index is 1.77. The number of carboxylic acids is 1. The van der Waals surface area contributed by atoms with Crippen LogP contribution in [0.2, 0.25) is 0 Å². The van der Waals surface area contributed by atoms with Crippen LogP contribution in [-0.4, -0.2) is 26.5 Å². The van der Waals surface area contributed by atoms with Gasteiger partial charge in [-0.05, 0) is 18.9 Å². The number of carbonyl (C=O) groups excluding carboxylic acids is 1. The van der Waals surface area contributed by atoms with Crippen molar-refractivity contribution in [3.05, 3.63) is 35.1 Å². The lowest BCUT2D eigenvalue weighted by atomic mass is 10.2. The van der Waals surface area contributed by atoms with Gasteiger partial charge in [-0.2, -0.15) is 0 Å². The van der Waals surface area contributed by atoms with Crippen molar-refractivity contribution in [2.75, 3.05) is 5.32 Å². The molecule has 1 fully saturated rings. The highest BCUT2D eigenvalue weighted by molar-refractivity contribution is 7.13. The Morgan fingerprint density at radius 3 is 2.90 bits per heavy atom. The summed E-state index contributed by atoms with van der Waals surface area (Å²) >= 11 is 1.35. The molecule has 6 nitrogen and oxygen atoms in total. The lowest BCUT2D eigenvalue weighted by molar-refractivity contribution is -0.116. The smallest absolute Gasteiger partial charge is 0.337 e. The third-order valence-corrected chi connectivity index (χ3v) is 3.88. The predicted octanol–water partition coefficient (Wildman–Crippen LogP) is 2.16. The molecule has 2 heterocycles. The van der Waals surface area contributed by atoms with E-state index < -0.39 is 5.97 Å². The van der Waals surface area contributed by atoms with Gasteiger partial charge in [0, 0.05) is 29.4 Å². The first kappa shape index (κ1) is 12.9. The van der Waals surface area contributed by atoms with E-state index in [9.17, 15) is 14.7 Å². The van der Waals surface area contributed by atoms with E-state index in [1.54, 1.807) is 28.4 Å². The minimum atomic E-state index is -0.939. The first-order valence-corrected chi connectivity index (χ1v) is 7.15. The van der Waals surface area contributed by atoms with Crippen molar-refractivity contribution in [3.63, 3.8) is 0 Å². The van der Waals surface area contributed by atoms with E-state index in [0.29, 0.717) is 10.7 Å². The minimum Gasteiger partial charge on any atom is -0.478 e. The number of thiazole rings is 1. The Morgan fingerprint density at radius 1 is 1.50 bits per heavy atom. The number of aromatic nitrogens is 2. The molecule has 104 valence electrons. The van der Waals surface area contributed by atoms with Gasteiger partial charge < -0.3 is 15.0 Å². The third-order valence-electron chi connectivity index (χ3n) is 3.19. The standard InChI is InChI=1S/C13H13N3O3S/c17-10(15-13-14-4-6-20-13)7-16-5-3-9(12(18)19)11(16)8-1-2-8/h3-6,8H,1-2,7H2,(H,18,19)(H,14,15,17). The fourth-order valence-corrected chi connectivity index (χ4v) is 2.76. The molecule has 0 atom stereocenters. The number of amides is 1. The van der Waals surface area contributed by atoms with Crippen LogP contribution in [0.4, 0.5) is 5.13 Å². The second-order valence-electron chi connectivity index (χ2n) is 4.71. The summed E-state index contributed by atoms with van der Waals surface area (Å²) in [6.45, 7) is 0.110. The highest BCUT2D eigenvalue weighted by atomic mass is 32.1. The van der Waals surface area contributed by atoms with Crippen LogP contribution in [0.3, 0.4) is 0 Å². The molecule has 0 aliphatic heterocycles. The summed E-state index contributed by atoms with van der Waals surface area (Å²) in [5.74, 6) is -0.871. The van der Waals surface area contributed by atoms with Crippen molar-refractivity contribution in [3.8, 4) is 0 Å². The van der Waals surface area contributed by atoms with Crippen molar-refractivity contribution in [1.82, 2.24) is 9.55 Å². The van der Waals surface area contributed by atoms with Crippen LogP contribution < -0.4 is 5.32 Å². The summed E-state index contributed by atoms with van der Waals surface area (Å²) < 4.78 is 1.73. The van der Waals surface area contributed by atoms with E-state index in [4.69, 9.17) is 0 Å². The average molecular weight is 291 g/mol. The van der Waals surface area contributed by atoms with Gasteiger partial charge in [0.25, 0.3) is 0 Å². The number of carbonyl (C=O) groups is 2. The zero-order valence-electron chi connectivity index (χ0n) is 10.6. The SMILES string of the molecule is O=C(Cn1ccc(C(=O)O)c1C1CC1)Nc1nccs1. The number of anilines is 1. The fraction of sp³-hybridized carbons (Fsp3) is 0.308. The lowest BCUT2D eigenvalue weighted by Crippen LogP contribution is -2.19. The topological polar surface area (TPSA) is 84.2 Å². The largest absolute Gasteiger partial charge is 0.478 e. The molecule has 1 aliphatic rings. The number of nitrogens with one attached hydrogen (secondary N) is 1. The predicted molar refractivity (Wildman–Crippen MR) is 74.1 cm³/mol. The molecule has 7 heteroatoms. The first-order chi connectivity index (χ1) is 9.65. The van der Waals surface area contributed by atoms with Crippen molar-refractivity contribution in [1.29, 1.82) is 0 Å². The van der Waals surface area contributed by atoms with Crippen LogP contribution in [0.25, 0.3) is 0 Å². The maximum Gasteiger partial charge on any atom is 0.337 e. The Morgan fingerprint density at radius 2 is 2.30 bits per heavy atom. The molecule has 1 amide bonds. The summed E-state index contributed by atoms with van der Waals surface area (Å²) in [6.07, 6.45) is 5.25. The summed E-state index contributed by atoms with van der Waals surface area (Å²) in [4.78, 5) is 27.1. The Labute approximate surface area is 119 Å². The van der Waals surface area contributed by atoms with E-state index in [1.807, 2.05) is 0 Å². The van der Waals surface area contributed by atoms with Gasteiger partial charge in [-0.1, -0.05) is 0 Å². The first-order valence-electron chi connectivity index (χ1n) is 6.27. The van der Waals surface area contributed by atoms with Gasteiger partial charge in [0.2, 0.25) is 5.91 Å². The summed E-state index contributed by atoms with van der Waals surface area (Å²) in [5.41, 5.74) is 1.06. The van der Waals surface area contributed by atoms with Crippen molar-refractivity contribution >= 4 is 28.3 Å². The molecule has 0 saturated heterocycles. The molecule has 2 aromatic rings. The van der Waals surface area contributed by atoms with Crippen LogP contribution >= 0.6 is 11.3 Å². The van der Waals surface area contributed by atoms with Crippen LogP contribution in [0.5, 0.6) is 0 Å². The maximum atomic E-state index is 11.9. The molecular formula is C13H13N3O3S. The van der Waals surface area contributed by atoms with E-state index >= 15 is 0 Å². The fourth-order valence-electron chi connectivity index (χ4n) is 2.21. The van der Waals surface area contributed by atoms with Crippen molar-refractivity contribution in [2.45, 2.75) is 25.3 Å². The molecule has 1 saturated carbocycles. The number of hydrogen-bond donors (Lipinski definition) is 2. The minimum absolute atomic E-state index is 0.110.